The fourth-order valence-electron chi connectivity index (χ4n) is 3.50. The molecule has 9 heteroatoms. The Balaban J connectivity index is 2.09. The van der Waals surface area contributed by atoms with Crippen molar-refractivity contribution in [3.63, 3.8) is 0 Å². The van der Waals surface area contributed by atoms with Crippen LogP contribution >= 0.6 is 0 Å². The number of benzene rings is 2. The van der Waals surface area contributed by atoms with Crippen molar-refractivity contribution in [3.8, 4) is 5.75 Å². The molecule has 33 heavy (non-hydrogen) atoms. The van der Waals surface area contributed by atoms with Gasteiger partial charge in [0.15, 0.2) is 0 Å². The molecule has 0 heterocycles. The van der Waals surface area contributed by atoms with Crippen molar-refractivity contribution in [3.05, 3.63) is 60.2 Å². The maximum atomic E-state index is 13.1. The van der Waals surface area contributed by atoms with Crippen LogP contribution < -0.4 is 10.1 Å². The van der Waals surface area contributed by atoms with E-state index < -0.39 is 16.1 Å². The number of amides is 2. The maximum absolute atomic E-state index is 13.1. The van der Waals surface area contributed by atoms with Gasteiger partial charge in [0, 0.05) is 33.6 Å². The van der Waals surface area contributed by atoms with Gasteiger partial charge in [-0.05, 0) is 42.7 Å². The van der Waals surface area contributed by atoms with E-state index in [2.05, 4.69) is 5.32 Å². The first-order chi connectivity index (χ1) is 15.7. The van der Waals surface area contributed by atoms with Gasteiger partial charge in [-0.15, -0.1) is 0 Å². The molecule has 0 saturated heterocycles. The van der Waals surface area contributed by atoms with Gasteiger partial charge in [-0.1, -0.05) is 37.3 Å². The van der Waals surface area contributed by atoms with Crippen LogP contribution in [-0.4, -0.2) is 63.2 Å². The second-order valence-electron chi connectivity index (χ2n) is 7.65. The molecular weight excluding hydrogens is 442 g/mol. The highest BCUT2D eigenvalue weighted by Crippen LogP contribution is 2.18. The summed E-state index contributed by atoms with van der Waals surface area (Å²) < 4.78 is 31.8. The molecule has 180 valence electrons. The van der Waals surface area contributed by atoms with E-state index in [1.165, 1.54) is 11.4 Å². The molecule has 8 nitrogen and oxygen atoms in total. The average molecular weight is 476 g/mol. The average Bonchev–Trinajstić information content (AvgIpc) is 2.84. The summed E-state index contributed by atoms with van der Waals surface area (Å²) in [5.74, 6) is 0.271. The summed E-state index contributed by atoms with van der Waals surface area (Å²) in [4.78, 5) is 27.4. The second kappa shape index (κ2) is 12.4. The fourth-order valence-corrected chi connectivity index (χ4v) is 4.73. The molecule has 0 spiro atoms. The molecule has 1 N–H and O–H groups in total. The zero-order valence-electron chi connectivity index (χ0n) is 19.7. The minimum atomic E-state index is -3.62. The molecule has 0 saturated carbocycles. The molecule has 1 atom stereocenters. The Kier molecular flexibility index (Phi) is 9.87. The highest BCUT2D eigenvalue weighted by Gasteiger charge is 2.28. The first kappa shape index (κ1) is 26.3. The molecule has 0 aliphatic rings. The van der Waals surface area contributed by atoms with Crippen LogP contribution in [0.5, 0.6) is 5.75 Å². The topological polar surface area (TPSA) is 96.0 Å². The minimum absolute atomic E-state index is 0.123. The molecule has 0 bridgehead atoms. The van der Waals surface area contributed by atoms with Crippen molar-refractivity contribution in [2.24, 2.45) is 0 Å². The smallest absolute Gasteiger partial charge is 0.242 e. The number of rotatable bonds is 12. The fraction of sp³-hybridized carbons (Fsp3) is 0.417. The lowest BCUT2D eigenvalue weighted by atomic mass is 10.1. The van der Waals surface area contributed by atoms with E-state index in [1.54, 1.807) is 49.4 Å². The van der Waals surface area contributed by atoms with Crippen LogP contribution in [0.2, 0.25) is 0 Å². The van der Waals surface area contributed by atoms with Crippen LogP contribution in [0.15, 0.2) is 59.5 Å². The largest absolute Gasteiger partial charge is 0.497 e. The molecular formula is C24H33N3O5S. The number of ether oxygens (including phenoxy) is 1. The van der Waals surface area contributed by atoms with Gasteiger partial charge in [0.05, 0.1) is 12.0 Å². The van der Waals surface area contributed by atoms with Crippen molar-refractivity contribution < 1.29 is 22.7 Å². The Morgan fingerprint density at radius 2 is 1.70 bits per heavy atom. The van der Waals surface area contributed by atoms with Gasteiger partial charge in [0.1, 0.15) is 11.8 Å². The van der Waals surface area contributed by atoms with Crippen molar-refractivity contribution >= 4 is 21.8 Å². The van der Waals surface area contributed by atoms with E-state index in [-0.39, 0.29) is 36.2 Å². The van der Waals surface area contributed by atoms with Crippen LogP contribution in [0.1, 0.15) is 31.7 Å². The second-order valence-corrected chi connectivity index (χ2v) is 9.70. The highest BCUT2D eigenvalue weighted by molar-refractivity contribution is 7.89. The lowest BCUT2D eigenvalue weighted by Crippen LogP contribution is -2.48. The number of carbonyl (C=O) groups excluding carboxylic acids is 2. The number of methoxy groups -OCH3 is 1. The van der Waals surface area contributed by atoms with Crippen LogP contribution in [0.3, 0.4) is 0 Å². The van der Waals surface area contributed by atoms with Gasteiger partial charge in [0.2, 0.25) is 21.8 Å². The summed E-state index contributed by atoms with van der Waals surface area (Å²) in [6, 6.07) is 14.9. The van der Waals surface area contributed by atoms with Gasteiger partial charge < -0.3 is 15.0 Å². The third-order valence-electron chi connectivity index (χ3n) is 5.46. The predicted octanol–water partition coefficient (Wildman–Crippen LogP) is 2.65. The number of likely N-dealkylation sites (N-methyl/N-ethyl adjacent to an activating group) is 1. The van der Waals surface area contributed by atoms with Crippen molar-refractivity contribution in [2.75, 3.05) is 27.7 Å². The predicted molar refractivity (Wildman–Crippen MR) is 127 cm³/mol. The molecule has 0 unspecified atom stereocenters. The number of hydrogen-bond acceptors (Lipinski definition) is 5. The molecule has 2 amide bonds. The van der Waals surface area contributed by atoms with E-state index in [1.807, 2.05) is 31.2 Å². The zero-order chi connectivity index (χ0) is 24.4. The Hall–Kier alpha value is -2.91. The van der Waals surface area contributed by atoms with E-state index in [4.69, 9.17) is 4.74 Å². The quantitative estimate of drug-likeness (QED) is 0.509. The van der Waals surface area contributed by atoms with Gasteiger partial charge in [-0.25, -0.2) is 12.7 Å². The van der Waals surface area contributed by atoms with E-state index in [9.17, 15) is 18.0 Å². The summed E-state index contributed by atoms with van der Waals surface area (Å²) in [5, 5.41) is 2.63. The van der Waals surface area contributed by atoms with Gasteiger partial charge in [0.25, 0.3) is 0 Å². The SMILES string of the molecule is CC[C@@H](C(=O)NC)N(Cc1ccc(OC)cc1)C(=O)CCCN(C)S(=O)(=O)c1ccccc1. The third kappa shape index (κ3) is 7.03. The first-order valence-electron chi connectivity index (χ1n) is 10.9. The van der Waals surface area contributed by atoms with Crippen LogP contribution in [0, 0.1) is 0 Å². The Labute approximate surface area is 196 Å². The molecule has 0 aromatic heterocycles. The summed E-state index contributed by atoms with van der Waals surface area (Å²) in [5.41, 5.74) is 0.871. The third-order valence-corrected chi connectivity index (χ3v) is 7.33. The normalized spacial score (nSPS) is 12.3. The zero-order valence-corrected chi connectivity index (χ0v) is 20.5. The molecule has 0 aliphatic heterocycles. The van der Waals surface area contributed by atoms with Crippen LogP contribution in [0.4, 0.5) is 0 Å². The molecule has 2 aromatic carbocycles. The first-order valence-corrected chi connectivity index (χ1v) is 12.3. The summed E-state index contributed by atoms with van der Waals surface area (Å²) >= 11 is 0. The van der Waals surface area contributed by atoms with E-state index in [0.29, 0.717) is 18.6 Å². The Morgan fingerprint density at radius 3 is 2.24 bits per heavy atom. The van der Waals surface area contributed by atoms with Crippen LogP contribution in [0.25, 0.3) is 0 Å². The molecule has 2 aromatic rings. The van der Waals surface area contributed by atoms with Gasteiger partial charge >= 0.3 is 0 Å². The van der Waals surface area contributed by atoms with Gasteiger partial charge in [-0.3, -0.25) is 9.59 Å². The number of nitrogens with one attached hydrogen (secondary N) is 1. The molecule has 0 radical (unpaired) electrons. The van der Waals surface area contributed by atoms with Crippen LogP contribution in [-0.2, 0) is 26.2 Å². The molecule has 0 fully saturated rings. The Bertz CT molecular complexity index is 1010. The van der Waals surface area contributed by atoms with E-state index in [0.717, 1.165) is 5.56 Å². The minimum Gasteiger partial charge on any atom is -0.497 e. The number of hydrogen-bond donors (Lipinski definition) is 1. The monoisotopic (exact) mass is 475 g/mol. The Morgan fingerprint density at radius 1 is 1.06 bits per heavy atom. The number of nitrogens with zero attached hydrogens (tertiary/aromatic N) is 2. The molecule has 0 aliphatic carbocycles. The lowest BCUT2D eigenvalue weighted by molar-refractivity contribution is -0.141. The number of carbonyl (C=O) groups is 2. The van der Waals surface area contributed by atoms with E-state index >= 15 is 0 Å². The standard InChI is InChI=1S/C24H33N3O5S/c1-5-22(24(29)25-2)27(18-19-13-15-20(32-4)16-14-19)23(28)12-9-17-26(3)33(30,31)21-10-7-6-8-11-21/h6-8,10-11,13-16,22H,5,9,12,17-18H2,1-4H3,(H,25,29)/t22-/m0/s1. The summed E-state index contributed by atoms with van der Waals surface area (Å²) in [6.07, 6.45) is 0.923. The van der Waals surface area contributed by atoms with Gasteiger partial charge in [-0.2, -0.15) is 0 Å². The highest BCUT2D eigenvalue weighted by atomic mass is 32.2. The summed E-state index contributed by atoms with van der Waals surface area (Å²) in [7, 11) is 1.01. The maximum Gasteiger partial charge on any atom is 0.242 e. The van der Waals surface area contributed by atoms with Crippen molar-refractivity contribution in [1.29, 1.82) is 0 Å². The number of sulfonamides is 1. The van der Waals surface area contributed by atoms with Crippen molar-refractivity contribution in [2.45, 2.75) is 43.7 Å². The molecule has 2 rings (SSSR count). The summed E-state index contributed by atoms with van der Waals surface area (Å²) in [6.45, 7) is 2.32. The van der Waals surface area contributed by atoms with Crippen molar-refractivity contribution in [1.82, 2.24) is 14.5 Å². The lowest BCUT2D eigenvalue weighted by Gasteiger charge is -2.30.